The number of aliphatic hydroxyl groups excluding tert-OH is 4. The van der Waals surface area contributed by atoms with E-state index >= 15 is 0 Å². The van der Waals surface area contributed by atoms with Crippen LogP contribution in [-0.2, 0) is 46.3 Å². The lowest BCUT2D eigenvalue weighted by Crippen LogP contribution is -2.36. The van der Waals surface area contributed by atoms with E-state index in [4.69, 9.17) is 29.0 Å². The van der Waals surface area contributed by atoms with Gasteiger partial charge in [0, 0.05) is 19.0 Å². The van der Waals surface area contributed by atoms with Crippen LogP contribution >= 0.6 is 15.6 Å². The SMILES string of the molecule is CCCCC/C=C\C/C=C\C/C=C\C/C=C\C/C=C\CCC(=O)OC[C@H](COP(=O)(O)OP(=O)(O)OC[C@H]1O[C@@H](n2ccc(N)nc2=O)[C@H](O)[C@@H]1O)OC(=O)CCC[C@@H](O)\C=C/C=C/C=C/[C@@H](O)C/C=C\CCCCC. The highest BCUT2D eigenvalue weighted by molar-refractivity contribution is 7.61. The molecule has 20 nitrogen and oxygen atoms in total. The molecule has 426 valence electrons. The molecule has 2 heterocycles. The summed E-state index contributed by atoms with van der Waals surface area (Å²) in [6.45, 7) is 1.74. The van der Waals surface area contributed by atoms with Gasteiger partial charge in [0.05, 0.1) is 25.4 Å². The molecule has 1 aliphatic rings. The Labute approximate surface area is 447 Å². The maximum absolute atomic E-state index is 12.9. The minimum atomic E-state index is -5.51. The molecule has 0 bridgehead atoms. The van der Waals surface area contributed by atoms with E-state index in [9.17, 15) is 53.7 Å². The number of allylic oxidation sites excluding steroid dienone is 15. The molecule has 1 aromatic rings. The van der Waals surface area contributed by atoms with Crippen molar-refractivity contribution in [2.75, 3.05) is 25.6 Å². The Morgan fingerprint density at radius 1 is 0.711 bits per heavy atom. The van der Waals surface area contributed by atoms with Gasteiger partial charge in [-0.15, -0.1) is 0 Å². The summed E-state index contributed by atoms with van der Waals surface area (Å²) in [5, 5.41) is 41.4. The summed E-state index contributed by atoms with van der Waals surface area (Å²) in [5.74, 6) is -1.67. The second-order valence-electron chi connectivity index (χ2n) is 17.7. The topological polar surface area (TPSA) is 306 Å². The molecule has 0 amide bonds. The number of ether oxygens (including phenoxy) is 3. The van der Waals surface area contributed by atoms with Crippen LogP contribution in [0.3, 0.4) is 0 Å². The third-order valence-corrected chi connectivity index (χ3v) is 13.6. The number of phosphoric acid groups is 2. The van der Waals surface area contributed by atoms with Crippen LogP contribution in [0.2, 0.25) is 0 Å². The first-order chi connectivity index (χ1) is 36.5. The van der Waals surface area contributed by atoms with Crippen molar-refractivity contribution in [2.45, 2.75) is 172 Å². The zero-order valence-corrected chi connectivity index (χ0v) is 45.8. The van der Waals surface area contributed by atoms with Crippen LogP contribution in [0, 0.1) is 0 Å². The Morgan fingerprint density at radius 3 is 1.86 bits per heavy atom. The van der Waals surface area contributed by atoms with Crippen LogP contribution in [0.4, 0.5) is 5.82 Å². The molecule has 0 radical (unpaired) electrons. The minimum Gasteiger partial charge on any atom is -0.462 e. The number of hydrogen-bond acceptors (Lipinski definition) is 17. The van der Waals surface area contributed by atoms with Gasteiger partial charge in [-0.05, 0) is 83.1 Å². The number of nitrogens with zero attached hydrogens (tertiary/aromatic N) is 2. The van der Waals surface area contributed by atoms with Gasteiger partial charge >= 0.3 is 33.3 Å². The summed E-state index contributed by atoms with van der Waals surface area (Å²) < 4.78 is 56.5. The van der Waals surface area contributed by atoms with E-state index in [1.165, 1.54) is 37.8 Å². The zero-order valence-electron chi connectivity index (χ0n) is 44.0. The number of unbranched alkanes of at least 4 members (excludes halogenated alkanes) is 6. The number of phosphoric ester groups is 2. The van der Waals surface area contributed by atoms with E-state index in [1.54, 1.807) is 36.5 Å². The van der Waals surface area contributed by atoms with Crippen molar-refractivity contribution < 1.29 is 76.5 Å². The Kier molecular flexibility index (Phi) is 36.0. The van der Waals surface area contributed by atoms with Crippen molar-refractivity contribution in [2.24, 2.45) is 0 Å². The number of esters is 2. The quantitative estimate of drug-likeness (QED) is 0.0106. The summed E-state index contributed by atoms with van der Waals surface area (Å²) >= 11 is 0. The fourth-order valence-electron chi connectivity index (χ4n) is 6.90. The molecule has 0 saturated carbocycles. The fraction of sp³-hybridized carbons (Fsp3) is 0.556. The van der Waals surface area contributed by atoms with E-state index in [-0.39, 0.29) is 31.5 Å². The molecule has 2 unspecified atom stereocenters. The average molecular weight is 1110 g/mol. The highest BCUT2D eigenvalue weighted by Crippen LogP contribution is 2.60. The number of nitrogen functional groups attached to an aromatic ring is 1. The van der Waals surface area contributed by atoms with Crippen molar-refractivity contribution in [1.82, 2.24) is 9.55 Å². The Morgan fingerprint density at radius 2 is 1.26 bits per heavy atom. The van der Waals surface area contributed by atoms with Crippen LogP contribution in [0.1, 0.15) is 136 Å². The molecule has 76 heavy (non-hydrogen) atoms. The van der Waals surface area contributed by atoms with Gasteiger partial charge in [0.1, 0.15) is 30.7 Å². The standard InChI is InChI=1S/C54H83N3O17P2/c1-3-5-7-9-11-12-13-14-15-16-17-18-19-20-21-22-23-25-31-37-49(60)69-41-46(72-50(61)38-32-36-45(59)35-30-27-26-29-34-44(58)33-28-24-10-8-6-4-2)42-70-75(65,66)74-76(67,68)71-43-47-51(62)52(63)53(73-47)57-40-39-48(55)56-54(57)64/h11-12,14-15,17-18,20-21,23-30,34-35,39-40,44-47,51-53,58-59,62-63H,3-10,13,16,19,22,31-33,36-38,41-43H2,1-2H3,(H,65,66)(H,67,68)(H2,55,56,64)/b12-11-,15-14-,18-17-,21-20-,25-23-,27-26+,28-24-,34-29+,35-30-/t44-,45-,46+,47+,51+,52+,53+/m0/s1. The zero-order chi connectivity index (χ0) is 55.9. The van der Waals surface area contributed by atoms with E-state index in [0.717, 1.165) is 55.7 Å². The Bertz CT molecular complexity index is 2240. The lowest BCUT2D eigenvalue weighted by atomic mass is 10.1. The predicted octanol–water partition coefficient (Wildman–Crippen LogP) is 8.94. The number of rotatable bonds is 41. The van der Waals surface area contributed by atoms with Crippen LogP contribution in [0.5, 0.6) is 0 Å². The van der Waals surface area contributed by atoms with Gasteiger partial charge in [-0.2, -0.15) is 9.29 Å². The fourth-order valence-corrected chi connectivity index (χ4v) is 9.01. The summed E-state index contributed by atoms with van der Waals surface area (Å²) in [6, 6.07) is 1.23. The molecular weight excluding hydrogens is 1020 g/mol. The highest BCUT2D eigenvalue weighted by atomic mass is 31.3. The first-order valence-corrected chi connectivity index (χ1v) is 29.1. The summed E-state index contributed by atoms with van der Waals surface area (Å²) in [6.07, 6.45) is 39.4. The molecule has 1 saturated heterocycles. The molecule has 1 fully saturated rings. The average Bonchev–Trinajstić information content (AvgIpc) is 3.65. The van der Waals surface area contributed by atoms with Crippen molar-refractivity contribution in [3.05, 3.63) is 132 Å². The number of aliphatic hydroxyl groups is 4. The van der Waals surface area contributed by atoms with Gasteiger partial charge < -0.3 is 50.2 Å². The largest absolute Gasteiger partial charge is 0.481 e. The Balaban J connectivity index is 1.90. The number of nitrogens with two attached hydrogens (primary N) is 1. The normalized spacial score (nSPS) is 20.4. The lowest BCUT2D eigenvalue weighted by Gasteiger charge is -2.21. The maximum atomic E-state index is 12.9. The number of hydrogen-bond donors (Lipinski definition) is 7. The van der Waals surface area contributed by atoms with Gasteiger partial charge in [0.25, 0.3) is 0 Å². The van der Waals surface area contributed by atoms with Gasteiger partial charge in [-0.25, -0.2) is 13.9 Å². The lowest BCUT2D eigenvalue weighted by molar-refractivity contribution is -0.161. The first kappa shape index (κ1) is 67.4. The first-order valence-electron chi connectivity index (χ1n) is 26.1. The number of aromatic nitrogens is 2. The second kappa shape index (κ2) is 40.5. The van der Waals surface area contributed by atoms with Crippen LogP contribution < -0.4 is 11.4 Å². The van der Waals surface area contributed by atoms with E-state index in [1.807, 2.05) is 24.3 Å². The maximum Gasteiger partial charge on any atom is 0.481 e. The molecule has 0 spiro atoms. The van der Waals surface area contributed by atoms with Crippen LogP contribution in [0.15, 0.2) is 126 Å². The van der Waals surface area contributed by atoms with Crippen molar-refractivity contribution in [3.63, 3.8) is 0 Å². The molecule has 1 aromatic heterocycles. The van der Waals surface area contributed by atoms with Gasteiger partial charge in [-0.1, -0.05) is 149 Å². The summed E-state index contributed by atoms with van der Waals surface area (Å²) in [7, 11) is -11.0. The van der Waals surface area contributed by atoms with Crippen LogP contribution in [0.25, 0.3) is 0 Å². The molecule has 1 aliphatic heterocycles. The van der Waals surface area contributed by atoms with E-state index in [2.05, 4.69) is 65.7 Å². The van der Waals surface area contributed by atoms with Crippen LogP contribution in [-0.4, -0.2) is 108 Å². The van der Waals surface area contributed by atoms with Crippen molar-refractivity contribution >= 4 is 33.4 Å². The third kappa shape index (κ3) is 32.8. The second-order valence-corrected chi connectivity index (χ2v) is 20.8. The Hall–Kier alpha value is -4.66. The molecule has 8 N–H and O–H groups in total. The number of carbonyl (C=O) groups is 2. The van der Waals surface area contributed by atoms with E-state index in [0.29, 0.717) is 19.3 Å². The highest BCUT2D eigenvalue weighted by Gasteiger charge is 2.46. The van der Waals surface area contributed by atoms with Crippen molar-refractivity contribution in [3.8, 4) is 0 Å². The third-order valence-electron chi connectivity index (χ3n) is 11.0. The molecule has 0 aliphatic carbocycles. The smallest absolute Gasteiger partial charge is 0.462 e. The molecule has 0 aromatic carbocycles. The molecule has 22 heteroatoms. The van der Waals surface area contributed by atoms with E-state index < -0.39 is 95.9 Å². The van der Waals surface area contributed by atoms with Crippen molar-refractivity contribution in [1.29, 1.82) is 0 Å². The van der Waals surface area contributed by atoms with Gasteiger partial charge in [-0.3, -0.25) is 23.2 Å². The molecule has 9 atom stereocenters. The summed E-state index contributed by atoms with van der Waals surface area (Å²) in [4.78, 5) is 61.9. The molecular formula is C54H83N3O17P2. The van der Waals surface area contributed by atoms with Gasteiger partial charge in [0.2, 0.25) is 0 Å². The monoisotopic (exact) mass is 1110 g/mol. The predicted molar refractivity (Wildman–Crippen MR) is 291 cm³/mol. The number of carbonyl (C=O) groups excluding carboxylic acids is 2. The number of anilines is 1. The minimum absolute atomic E-state index is 0.0558. The molecule has 2 rings (SSSR count). The summed E-state index contributed by atoms with van der Waals surface area (Å²) in [5.41, 5.74) is 4.56. The van der Waals surface area contributed by atoms with Gasteiger partial charge in [0.15, 0.2) is 12.3 Å².